The van der Waals surface area contributed by atoms with Gasteiger partial charge in [-0.15, -0.1) is 0 Å². The molecule has 0 aliphatic carbocycles. The van der Waals surface area contributed by atoms with Crippen LogP contribution in [0.15, 0.2) is 65.1 Å². The number of rotatable bonds is 8. The highest BCUT2D eigenvalue weighted by Gasteiger charge is 2.15. The average Bonchev–Trinajstić information content (AvgIpc) is 2.81. The number of ether oxygens (including phenoxy) is 2. The molecule has 0 radical (unpaired) electrons. The number of benzene rings is 3. The van der Waals surface area contributed by atoms with Crippen molar-refractivity contribution in [3.8, 4) is 11.5 Å². The van der Waals surface area contributed by atoms with Crippen LogP contribution in [0.1, 0.15) is 27.0 Å². The van der Waals surface area contributed by atoms with E-state index in [9.17, 15) is 9.59 Å². The van der Waals surface area contributed by atoms with Crippen LogP contribution in [-0.2, 0) is 11.2 Å². The van der Waals surface area contributed by atoms with Gasteiger partial charge in [-0.05, 0) is 60.9 Å². The SMILES string of the molecule is Cc1cc(OCC(=O)NNC(=O)c2cc(Br)ccc2OCCc2ccccc2)cc(C)c1Cl. The van der Waals surface area contributed by atoms with Crippen LogP contribution in [-0.4, -0.2) is 25.0 Å². The van der Waals surface area contributed by atoms with Crippen LogP contribution >= 0.6 is 27.5 Å². The zero-order chi connectivity index (χ0) is 23.8. The van der Waals surface area contributed by atoms with Gasteiger partial charge in [0.1, 0.15) is 11.5 Å². The Balaban J connectivity index is 1.53. The fraction of sp³-hybridized carbons (Fsp3) is 0.200. The van der Waals surface area contributed by atoms with E-state index in [-0.39, 0.29) is 6.61 Å². The number of carbonyl (C=O) groups excluding carboxylic acids is 2. The highest BCUT2D eigenvalue weighted by molar-refractivity contribution is 9.10. The van der Waals surface area contributed by atoms with Gasteiger partial charge in [0.25, 0.3) is 11.8 Å². The molecule has 0 bridgehead atoms. The minimum absolute atomic E-state index is 0.264. The van der Waals surface area contributed by atoms with Crippen molar-refractivity contribution < 1.29 is 19.1 Å². The Morgan fingerprint density at radius 2 is 1.64 bits per heavy atom. The summed E-state index contributed by atoms with van der Waals surface area (Å²) in [6.45, 7) is 3.87. The number of amides is 2. The molecule has 0 spiro atoms. The Hall–Kier alpha value is -3.03. The number of halogens is 2. The van der Waals surface area contributed by atoms with Crippen LogP contribution in [0.4, 0.5) is 0 Å². The van der Waals surface area contributed by atoms with Gasteiger partial charge >= 0.3 is 0 Å². The van der Waals surface area contributed by atoms with Crippen molar-refractivity contribution in [3.05, 3.63) is 92.4 Å². The summed E-state index contributed by atoms with van der Waals surface area (Å²) in [4.78, 5) is 24.8. The minimum Gasteiger partial charge on any atom is -0.492 e. The maximum Gasteiger partial charge on any atom is 0.276 e. The highest BCUT2D eigenvalue weighted by Crippen LogP contribution is 2.26. The van der Waals surface area contributed by atoms with Gasteiger partial charge in [-0.3, -0.25) is 20.4 Å². The van der Waals surface area contributed by atoms with E-state index in [1.54, 1.807) is 30.3 Å². The largest absolute Gasteiger partial charge is 0.492 e. The molecule has 0 aliphatic rings. The quantitative estimate of drug-likeness (QED) is 0.393. The van der Waals surface area contributed by atoms with E-state index in [2.05, 4.69) is 26.8 Å². The first-order chi connectivity index (χ1) is 15.8. The fourth-order valence-corrected chi connectivity index (χ4v) is 3.57. The molecule has 3 aromatic carbocycles. The van der Waals surface area contributed by atoms with E-state index < -0.39 is 11.8 Å². The monoisotopic (exact) mass is 530 g/mol. The molecule has 3 aromatic rings. The van der Waals surface area contributed by atoms with Gasteiger partial charge in [-0.25, -0.2) is 0 Å². The summed E-state index contributed by atoms with van der Waals surface area (Å²) in [5.41, 5.74) is 7.91. The molecule has 2 amide bonds. The summed E-state index contributed by atoms with van der Waals surface area (Å²) in [7, 11) is 0. The third kappa shape index (κ3) is 7.23. The van der Waals surface area contributed by atoms with Crippen molar-refractivity contribution >= 4 is 39.3 Å². The molecule has 0 fully saturated rings. The standard InChI is InChI=1S/C25H24BrClN2O4/c1-16-12-20(13-17(2)24(16)27)33-15-23(30)28-29-25(31)21-14-19(26)8-9-22(21)32-11-10-18-6-4-3-5-7-18/h3-9,12-14H,10-11,15H2,1-2H3,(H,28,30)(H,29,31). The third-order valence-electron chi connectivity index (χ3n) is 4.77. The molecule has 6 nitrogen and oxygen atoms in total. The van der Waals surface area contributed by atoms with Crippen LogP contribution in [0.3, 0.4) is 0 Å². The number of hydrogen-bond donors (Lipinski definition) is 2. The van der Waals surface area contributed by atoms with Crippen molar-refractivity contribution in [1.82, 2.24) is 10.9 Å². The maximum atomic E-state index is 12.7. The summed E-state index contributed by atoms with van der Waals surface area (Å²) < 4.78 is 12.1. The second kappa shape index (κ2) is 11.7. The number of nitrogens with one attached hydrogen (secondary N) is 2. The van der Waals surface area contributed by atoms with E-state index >= 15 is 0 Å². The molecule has 3 rings (SSSR count). The predicted molar refractivity (Wildman–Crippen MR) is 132 cm³/mol. The lowest BCUT2D eigenvalue weighted by Crippen LogP contribution is -2.44. The Morgan fingerprint density at radius 1 is 0.939 bits per heavy atom. The van der Waals surface area contributed by atoms with Crippen molar-refractivity contribution in [3.63, 3.8) is 0 Å². The van der Waals surface area contributed by atoms with Gasteiger partial charge in [-0.2, -0.15) is 0 Å². The lowest BCUT2D eigenvalue weighted by Gasteiger charge is -2.13. The second-order valence-electron chi connectivity index (χ2n) is 7.39. The van der Waals surface area contributed by atoms with Gasteiger partial charge in [0, 0.05) is 15.9 Å². The van der Waals surface area contributed by atoms with Gasteiger partial charge in [0.15, 0.2) is 6.61 Å². The zero-order valence-electron chi connectivity index (χ0n) is 18.3. The minimum atomic E-state index is -0.504. The van der Waals surface area contributed by atoms with Crippen molar-refractivity contribution in [2.45, 2.75) is 20.3 Å². The van der Waals surface area contributed by atoms with E-state index in [4.69, 9.17) is 21.1 Å². The first-order valence-corrected chi connectivity index (χ1v) is 11.5. The molecule has 0 aliphatic heterocycles. The third-order valence-corrected chi connectivity index (χ3v) is 5.86. The molecular weight excluding hydrogens is 508 g/mol. The average molecular weight is 532 g/mol. The van der Waals surface area contributed by atoms with Crippen LogP contribution in [0, 0.1) is 13.8 Å². The molecule has 0 saturated heterocycles. The Morgan fingerprint density at radius 3 is 2.33 bits per heavy atom. The Labute approximate surface area is 206 Å². The van der Waals surface area contributed by atoms with Crippen LogP contribution < -0.4 is 20.3 Å². The van der Waals surface area contributed by atoms with Crippen LogP contribution in [0.2, 0.25) is 5.02 Å². The molecule has 0 unspecified atom stereocenters. The lowest BCUT2D eigenvalue weighted by atomic mass is 10.1. The number of hydrogen-bond acceptors (Lipinski definition) is 4. The number of carbonyl (C=O) groups is 2. The Kier molecular flexibility index (Phi) is 8.74. The molecule has 172 valence electrons. The molecule has 0 aromatic heterocycles. The van der Waals surface area contributed by atoms with E-state index in [1.807, 2.05) is 44.2 Å². The van der Waals surface area contributed by atoms with Gasteiger partial charge in [-0.1, -0.05) is 57.9 Å². The Bertz CT molecular complexity index is 1120. The number of hydrazine groups is 1. The maximum absolute atomic E-state index is 12.7. The highest BCUT2D eigenvalue weighted by atomic mass is 79.9. The molecule has 2 N–H and O–H groups in total. The molecule has 0 atom stereocenters. The second-order valence-corrected chi connectivity index (χ2v) is 8.68. The predicted octanol–water partition coefficient (Wildman–Crippen LogP) is 5.18. The molecular formula is C25H24BrClN2O4. The van der Waals surface area contributed by atoms with E-state index in [1.165, 1.54) is 0 Å². The van der Waals surface area contributed by atoms with Crippen molar-refractivity contribution in [2.75, 3.05) is 13.2 Å². The summed E-state index contributed by atoms with van der Waals surface area (Å²) in [5.74, 6) is -0.0612. The van der Waals surface area contributed by atoms with E-state index in [0.29, 0.717) is 39.6 Å². The van der Waals surface area contributed by atoms with Crippen LogP contribution in [0.5, 0.6) is 11.5 Å². The first kappa shape index (κ1) is 24.6. The van der Waals surface area contributed by atoms with Crippen LogP contribution in [0.25, 0.3) is 0 Å². The number of aryl methyl sites for hydroxylation is 2. The van der Waals surface area contributed by atoms with Gasteiger partial charge < -0.3 is 9.47 Å². The smallest absolute Gasteiger partial charge is 0.276 e. The first-order valence-electron chi connectivity index (χ1n) is 10.3. The molecule has 33 heavy (non-hydrogen) atoms. The van der Waals surface area contributed by atoms with Crippen molar-refractivity contribution in [2.24, 2.45) is 0 Å². The van der Waals surface area contributed by atoms with Gasteiger partial charge in [0.05, 0.1) is 12.2 Å². The lowest BCUT2D eigenvalue weighted by molar-refractivity contribution is -0.123. The summed E-state index contributed by atoms with van der Waals surface area (Å²) >= 11 is 9.51. The normalized spacial score (nSPS) is 10.4. The summed E-state index contributed by atoms with van der Waals surface area (Å²) in [6.07, 6.45) is 0.704. The molecule has 0 saturated carbocycles. The van der Waals surface area contributed by atoms with Crippen molar-refractivity contribution in [1.29, 1.82) is 0 Å². The van der Waals surface area contributed by atoms with Gasteiger partial charge in [0.2, 0.25) is 0 Å². The molecule has 8 heteroatoms. The molecule has 0 heterocycles. The fourth-order valence-electron chi connectivity index (χ4n) is 3.10. The zero-order valence-corrected chi connectivity index (χ0v) is 20.6. The summed E-state index contributed by atoms with van der Waals surface area (Å²) in [5, 5.41) is 0.662. The van der Waals surface area contributed by atoms with E-state index in [0.717, 1.165) is 16.7 Å². The summed E-state index contributed by atoms with van der Waals surface area (Å²) in [6, 6.07) is 18.6. The topological polar surface area (TPSA) is 76.7 Å².